The summed E-state index contributed by atoms with van der Waals surface area (Å²) in [5.74, 6) is -4.77. The molecule has 338 valence electrons. The van der Waals surface area contributed by atoms with Gasteiger partial charge in [0.25, 0.3) is 5.91 Å². The number of benzene rings is 1. The first-order valence-electron chi connectivity index (χ1n) is 20.3. The Bertz CT molecular complexity index is 1890. The van der Waals surface area contributed by atoms with E-state index in [9.17, 15) is 33.6 Å². The molecule has 0 fully saturated rings. The van der Waals surface area contributed by atoms with Crippen LogP contribution >= 0.6 is 11.3 Å². The van der Waals surface area contributed by atoms with Crippen LogP contribution in [0.2, 0.25) is 0 Å². The minimum atomic E-state index is -1.16. The molecule has 5 atom stereocenters. The van der Waals surface area contributed by atoms with Gasteiger partial charge >= 0.3 is 0 Å². The Morgan fingerprint density at radius 1 is 0.689 bits per heavy atom. The first-order chi connectivity index (χ1) is 28.7. The van der Waals surface area contributed by atoms with Crippen molar-refractivity contribution in [3.8, 4) is 0 Å². The standard InChI is InChI=1S/C39H64N14O7S/c1-20(2)18-28(51-35(59)27(12-9-17-47-39(44)45)50-34(58)26(48-22(5)54)10-6-7-15-40)36(60)49-25(11-8-16-46-38(42)43)31(55)37-52-24-14-13-23(19-29(24)61-37)33(57)53-30(21(3)4)32(41)56/h13-14,19-21,25-28,30H,6-12,15-18,40H2,1-5H3,(H2,41,56)(H,48,54)(H,49,60)(H,50,58)(H,51,59)(H,53,57)(H4,42,43,46)(H4,44,45,47)/t25-,26-,27-,28-,30-/m0/s1. The molecule has 1 aromatic carbocycles. The highest BCUT2D eigenvalue weighted by Gasteiger charge is 2.33. The van der Waals surface area contributed by atoms with Crippen LogP contribution in [0.5, 0.6) is 0 Å². The first kappa shape index (κ1) is 51.2. The SMILES string of the molecule is CC(=O)N[C@@H](CCCCN)C(=O)N[C@@H](CCCN=C(N)N)C(=O)N[C@@H](CC(C)C)C(=O)N[C@@H](CCCN=C(N)N)C(=O)c1nc2ccc(C(=O)N[C@H](C(N)=O)C(C)C)cc2s1. The molecule has 0 aliphatic carbocycles. The first-order valence-corrected chi connectivity index (χ1v) is 21.1. The number of aliphatic imine (C=N–C) groups is 2. The van der Waals surface area contributed by atoms with Crippen molar-refractivity contribution in [3.63, 3.8) is 0 Å². The van der Waals surface area contributed by atoms with Crippen LogP contribution in [0.4, 0.5) is 0 Å². The maximum Gasteiger partial charge on any atom is 0.251 e. The second kappa shape index (κ2) is 25.7. The Morgan fingerprint density at radius 3 is 1.74 bits per heavy atom. The van der Waals surface area contributed by atoms with E-state index in [4.69, 9.17) is 34.4 Å². The number of rotatable bonds is 27. The molecule has 22 heteroatoms. The lowest BCUT2D eigenvalue weighted by Gasteiger charge is -2.27. The maximum absolute atomic E-state index is 14.1. The Kier molecular flexibility index (Phi) is 21.6. The van der Waals surface area contributed by atoms with E-state index in [1.165, 1.54) is 13.0 Å². The highest BCUT2D eigenvalue weighted by Crippen LogP contribution is 2.25. The van der Waals surface area contributed by atoms with Gasteiger partial charge in [0.15, 0.2) is 16.9 Å². The number of unbranched alkanes of at least 4 members (excludes halogenated alkanes) is 1. The summed E-state index contributed by atoms with van der Waals surface area (Å²) < 4.78 is 0.500. The molecular weight excluding hydrogens is 809 g/mol. The van der Waals surface area contributed by atoms with Crippen molar-refractivity contribution < 1.29 is 33.6 Å². The van der Waals surface area contributed by atoms with Crippen LogP contribution in [0.15, 0.2) is 28.2 Å². The van der Waals surface area contributed by atoms with Crippen LogP contribution in [-0.2, 0) is 24.0 Å². The number of primary amides is 1. The number of hydrogen-bond acceptors (Lipinski definition) is 12. The van der Waals surface area contributed by atoms with Crippen LogP contribution in [0.1, 0.15) is 106 Å². The molecule has 0 radical (unpaired) electrons. The number of amides is 6. The molecule has 6 amide bonds. The van der Waals surface area contributed by atoms with Crippen LogP contribution in [-0.4, -0.2) is 108 Å². The maximum atomic E-state index is 14.1. The molecule has 0 bridgehead atoms. The molecule has 0 unspecified atom stereocenters. The summed E-state index contributed by atoms with van der Waals surface area (Å²) in [7, 11) is 0. The molecule has 1 heterocycles. The van der Waals surface area contributed by atoms with Crippen LogP contribution in [0.3, 0.4) is 0 Å². The quantitative estimate of drug-likeness (QED) is 0.0222. The summed E-state index contributed by atoms with van der Waals surface area (Å²) >= 11 is 1.01. The number of hydrogen-bond donors (Lipinski definition) is 11. The molecule has 1 aromatic heterocycles. The van der Waals surface area contributed by atoms with Gasteiger partial charge in [-0.25, -0.2) is 4.98 Å². The van der Waals surface area contributed by atoms with Crippen LogP contribution < -0.4 is 61.0 Å². The van der Waals surface area contributed by atoms with Gasteiger partial charge in [0.2, 0.25) is 35.3 Å². The van der Waals surface area contributed by atoms with Gasteiger partial charge in [-0.15, -0.1) is 11.3 Å². The van der Waals surface area contributed by atoms with E-state index in [2.05, 4.69) is 41.6 Å². The highest BCUT2D eigenvalue weighted by atomic mass is 32.1. The van der Waals surface area contributed by atoms with Gasteiger partial charge in [0.05, 0.1) is 16.3 Å². The number of nitrogens with one attached hydrogen (secondary N) is 5. The van der Waals surface area contributed by atoms with Gasteiger partial charge in [0, 0.05) is 25.6 Å². The second-order valence-electron chi connectivity index (χ2n) is 15.4. The molecule has 0 saturated heterocycles. The molecule has 0 saturated carbocycles. The number of Topliss-reactive ketones (excluding diaryl/α,β-unsaturated/α-hetero) is 1. The molecular formula is C39H64N14O7S. The lowest BCUT2D eigenvalue weighted by molar-refractivity contribution is -0.134. The van der Waals surface area contributed by atoms with Crippen molar-refractivity contribution in [3.05, 3.63) is 28.8 Å². The summed E-state index contributed by atoms with van der Waals surface area (Å²) in [4.78, 5) is 105. The van der Waals surface area contributed by atoms with Crippen molar-refractivity contribution in [2.24, 2.45) is 56.2 Å². The zero-order chi connectivity index (χ0) is 45.8. The minimum Gasteiger partial charge on any atom is -0.370 e. The number of aromatic nitrogens is 1. The van der Waals surface area contributed by atoms with E-state index in [-0.39, 0.29) is 85.9 Å². The third-order valence-corrected chi connectivity index (χ3v) is 10.3. The van der Waals surface area contributed by atoms with Gasteiger partial charge in [-0.1, -0.05) is 27.7 Å². The molecule has 0 aliphatic heterocycles. The van der Waals surface area contributed by atoms with Gasteiger partial charge in [0.1, 0.15) is 24.2 Å². The molecule has 17 N–H and O–H groups in total. The number of carbonyl (C=O) groups excluding carboxylic acids is 7. The number of nitrogens with two attached hydrogens (primary N) is 6. The number of guanidine groups is 2. The summed E-state index contributed by atoms with van der Waals surface area (Å²) in [5, 5.41) is 13.6. The smallest absolute Gasteiger partial charge is 0.251 e. The van der Waals surface area contributed by atoms with Crippen molar-refractivity contribution in [2.75, 3.05) is 19.6 Å². The van der Waals surface area contributed by atoms with Gasteiger partial charge in [-0.05, 0) is 87.9 Å². The number of thiazole rings is 1. The zero-order valence-corrected chi connectivity index (χ0v) is 36.4. The van der Waals surface area contributed by atoms with Crippen molar-refractivity contribution in [1.29, 1.82) is 0 Å². The Hall–Kier alpha value is -5.90. The molecule has 0 aliphatic rings. The normalized spacial score (nSPS) is 13.6. The fourth-order valence-corrected chi connectivity index (χ4v) is 7.18. The van der Waals surface area contributed by atoms with E-state index in [0.717, 1.165) is 11.3 Å². The monoisotopic (exact) mass is 872 g/mol. The number of nitrogens with zero attached hydrogens (tertiary/aromatic N) is 3. The Labute approximate surface area is 359 Å². The van der Waals surface area contributed by atoms with E-state index in [0.29, 0.717) is 29.6 Å². The summed E-state index contributed by atoms with van der Waals surface area (Å²) in [6.45, 7) is 9.19. The fourth-order valence-electron chi connectivity index (χ4n) is 6.18. The van der Waals surface area contributed by atoms with Crippen molar-refractivity contribution in [1.82, 2.24) is 31.6 Å². The van der Waals surface area contributed by atoms with Crippen molar-refractivity contribution in [2.45, 2.75) is 116 Å². The average molecular weight is 873 g/mol. The Morgan fingerprint density at radius 2 is 1.21 bits per heavy atom. The summed E-state index contributed by atoms with van der Waals surface area (Å²) in [6, 6.07) is -0.664. The molecule has 21 nitrogen and oxygen atoms in total. The lowest BCUT2D eigenvalue weighted by atomic mass is 10.00. The van der Waals surface area contributed by atoms with E-state index in [1.807, 2.05) is 13.8 Å². The minimum absolute atomic E-state index is 0.0464. The predicted molar refractivity (Wildman–Crippen MR) is 235 cm³/mol. The van der Waals surface area contributed by atoms with E-state index in [1.54, 1.807) is 26.0 Å². The van der Waals surface area contributed by atoms with Gasteiger partial charge in [-0.2, -0.15) is 0 Å². The lowest BCUT2D eigenvalue weighted by Crippen LogP contribution is -2.58. The molecule has 2 aromatic rings. The van der Waals surface area contributed by atoms with Crippen molar-refractivity contribution >= 4 is 74.7 Å². The average Bonchev–Trinajstić information content (AvgIpc) is 3.61. The number of carbonyl (C=O) groups is 7. The summed E-state index contributed by atoms with van der Waals surface area (Å²) in [5.41, 5.74) is 33.7. The zero-order valence-electron chi connectivity index (χ0n) is 35.6. The fraction of sp³-hybridized carbons (Fsp3) is 0.590. The highest BCUT2D eigenvalue weighted by molar-refractivity contribution is 7.20. The third-order valence-electron chi connectivity index (χ3n) is 9.26. The third kappa shape index (κ3) is 18.1. The van der Waals surface area contributed by atoms with Crippen LogP contribution in [0, 0.1) is 11.8 Å². The van der Waals surface area contributed by atoms with E-state index < -0.39 is 71.4 Å². The summed E-state index contributed by atoms with van der Waals surface area (Å²) in [6.07, 6.45) is 2.34. The topological polar surface area (TPSA) is 373 Å². The van der Waals surface area contributed by atoms with Crippen LogP contribution in [0.25, 0.3) is 10.2 Å². The molecule has 0 spiro atoms. The number of fused-ring (bicyclic) bond motifs is 1. The number of ketones is 1. The Balaban J connectivity index is 2.42. The molecule has 2 rings (SSSR count). The second-order valence-corrected chi connectivity index (χ2v) is 16.4. The predicted octanol–water partition coefficient (Wildman–Crippen LogP) is -1.04. The molecule has 61 heavy (non-hydrogen) atoms. The van der Waals surface area contributed by atoms with Gasteiger partial charge in [-0.3, -0.25) is 43.5 Å². The van der Waals surface area contributed by atoms with E-state index >= 15 is 0 Å². The van der Waals surface area contributed by atoms with Gasteiger partial charge < -0.3 is 61.0 Å². The largest absolute Gasteiger partial charge is 0.370 e.